The average molecular weight is 247 g/mol. The van der Waals surface area contributed by atoms with Crippen molar-refractivity contribution in [2.45, 2.75) is 38.6 Å². The zero-order valence-corrected chi connectivity index (χ0v) is 11.4. The molecule has 98 valence electrons. The molecule has 0 aliphatic heterocycles. The fourth-order valence-electron chi connectivity index (χ4n) is 2.60. The molecule has 1 aromatic carbocycles. The molecule has 18 heavy (non-hydrogen) atoms. The van der Waals surface area contributed by atoms with Crippen LogP contribution < -0.4 is 9.64 Å². The number of hydrogen-bond acceptors (Lipinski definition) is 3. The van der Waals surface area contributed by atoms with E-state index in [9.17, 15) is 4.79 Å². The molecule has 1 fully saturated rings. The number of ketones is 1. The van der Waals surface area contributed by atoms with Crippen LogP contribution in [0.25, 0.3) is 0 Å². The summed E-state index contributed by atoms with van der Waals surface area (Å²) in [7, 11) is 3.81. The molecule has 0 heterocycles. The van der Waals surface area contributed by atoms with Crippen LogP contribution in [-0.2, 0) is 4.79 Å². The van der Waals surface area contributed by atoms with Crippen molar-refractivity contribution < 1.29 is 9.53 Å². The summed E-state index contributed by atoms with van der Waals surface area (Å²) in [6, 6.07) is 6.72. The second-order valence-corrected chi connectivity index (χ2v) is 5.03. The van der Waals surface area contributed by atoms with Crippen LogP contribution in [-0.4, -0.2) is 26.0 Å². The van der Waals surface area contributed by atoms with Gasteiger partial charge in [-0.2, -0.15) is 0 Å². The van der Waals surface area contributed by atoms with Crippen LogP contribution in [0.2, 0.25) is 0 Å². The van der Waals surface area contributed by atoms with E-state index in [2.05, 4.69) is 31.0 Å². The lowest BCUT2D eigenvalue weighted by atomic mass is 9.93. The van der Waals surface area contributed by atoms with Crippen molar-refractivity contribution in [2.75, 3.05) is 19.1 Å². The Labute approximate surface area is 109 Å². The fraction of sp³-hybridized carbons (Fsp3) is 0.533. The number of aryl methyl sites for hydroxylation is 1. The topological polar surface area (TPSA) is 29.5 Å². The summed E-state index contributed by atoms with van der Waals surface area (Å²) < 4.78 is 5.28. The van der Waals surface area contributed by atoms with E-state index in [0.29, 0.717) is 11.8 Å². The van der Waals surface area contributed by atoms with Gasteiger partial charge in [0.05, 0.1) is 7.11 Å². The third-order valence-electron chi connectivity index (χ3n) is 3.85. The van der Waals surface area contributed by atoms with Gasteiger partial charge in [-0.25, -0.2) is 0 Å². The Morgan fingerprint density at radius 3 is 2.50 bits per heavy atom. The van der Waals surface area contributed by atoms with Gasteiger partial charge in [0.15, 0.2) is 0 Å². The first-order chi connectivity index (χ1) is 8.61. The standard InChI is InChI=1S/C15H21NO2/c1-11-10-13(6-9-15(11)18-3)16(2)12-4-7-14(17)8-5-12/h6,9-10,12H,4-5,7-8H2,1-3H3. The minimum absolute atomic E-state index is 0.408. The van der Waals surface area contributed by atoms with Crippen molar-refractivity contribution in [3.8, 4) is 5.75 Å². The minimum Gasteiger partial charge on any atom is -0.496 e. The van der Waals surface area contributed by atoms with E-state index in [1.54, 1.807) is 7.11 Å². The Bertz CT molecular complexity index is 432. The molecule has 0 radical (unpaired) electrons. The van der Waals surface area contributed by atoms with Gasteiger partial charge < -0.3 is 9.64 Å². The number of carbonyl (C=O) groups excluding carboxylic acids is 1. The van der Waals surface area contributed by atoms with Gasteiger partial charge in [0.1, 0.15) is 11.5 Å². The van der Waals surface area contributed by atoms with Crippen molar-refractivity contribution >= 4 is 11.5 Å². The summed E-state index contributed by atoms with van der Waals surface area (Å²) in [5, 5.41) is 0. The molecular formula is C15H21NO2. The number of nitrogens with zero attached hydrogens (tertiary/aromatic N) is 1. The van der Waals surface area contributed by atoms with Crippen molar-refractivity contribution in [1.82, 2.24) is 0 Å². The van der Waals surface area contributed by atoms with Gasteiger partial charge >= 0.3 is 0 Å². The maximum atomic E-state index is 11.3. The van der Waals surface area contributed by atoms with Gasteiger partial charge in [-0.05, 0) is 43.5 Å². The lowest BCUT2D eigenvalue weighted by Gasteiger charge is -2.32. The summed E-state index contributed by atoms with van der Waals surface area (Å²) in [6.45, 7) is 2.06. The molecule has 0 saturated heterocycles. The average Bonchev–Trinajstić information content (AvgIpc) is 2.38. The summed E-state index contributed by atoms with van der Waals surface area (Å²) >= 11 is 0. The van der Waals surface area contributed by atoms with E-state index in [1.165, 1.54) is 5.69 Å². The van der Waals surface area contributed by atoms with Gasteiger partial charge in [0.2, 0.25) is 0 Å². The largest absolute Gasteiger partial charge is 0.496 e. The molecule has 0 bridgehead atoms. The molecular weight excluding hydrogens is 226 g/mol. The van der Waals surface area contributed by atoms with E-state index < -0.39 is 0 Å². The lowest BCUT2D eigenvalue weighted by Crippen LogP contribution is -2.35. The third kappa shape index (κ3) is 2.66. The number of anilines is 1. The van der Waals surface area contributed by atoms with E-state index in [4.69, 9.17) is 4.74 Å². The first-order valence-electron chi connectivity index (χ1n) is 6.51. The smallest absolute Gasteiger partial charge is 0.133 e. The summed E-state index contributed by atoms with van der Waals surface area (Å²) in [6.07, 6.45) is 3.40. The Hall–Kier alpha value is -1.51. The minimum atomic E-state index is 0.408. The molecule has 2 rings (SSSR count). The highest BCUT2D eigenvalue weighted by molar-refractivity contribution is 5.79. The Balaban J connectivity index is 2.11. The fourth-order valence-corrected chi connectivity index (χ4v) is 2.60. The van der Waals surface area contributed by atoms with Crippen LogP contribution in [0, 0.1) is 6.92 Å². The van der Waals surface area contributed by atoms with Gasteiger partial charge in [0.25, 0.3) is 0 Å². The van der Waals surface area contributed by atoms with Gasteiger partial charge in [0, 0.05) is 31.6 Å². The summed E-state index contributed by atoms with van der Waals surface area (Å²) in [5.41, 5.74) is 2.35. The maximum absolute atomic E-state index is 11.3. The van der Waals surface area contributed by atoms with E-state index in [-0.39, 0.29) is 0 Å². The molecule has 0 amide bonds. The van der Waals surface area contributed by atoms with Crippen LogP contribution in [0.4, 0.5) is 5.69 Å². The van der Waals surface area contributed by atoms with E-state index >= 15 is 0 Å². The molecule has 1 aliphatic rings. The number of methoxy groups -OCH3 is 1. The number of benzene rings is 1. The summed E-state index contributed by atoms with van der Waals surface area (Å²) in [4.78, 5) is 13.6. The number of hydrogen-bond donors (Lipinski definition) is 0. The van der Waals surface area contributed by atoms with Crippen molar-refractivity contribution in [2.24, 2.45) is 0 Å². The summed E-state index contributed by atoms with van der Waals surface area (Å²) in [5.74, 6) is 1.33. The molecule has 0 N–H and O–H groups in total. The highest BCUT2D eigenvalue weighted by atomic mass is 16.5. The molecule has 0 unspecified atom stereocenters. The lowest BCUT2D eigenvalue weighted by molar-refractivity contribution is -0.120. The van der Waals surface area contributed by atoms with Crippen LogP contribution in [0.15, 0.2) is 18.2 Å². The van der Waals surface area contributed by atoms with Crippen LogP contribution in [0.1, 0.15) is 31.2 Å². The molecule has 1 aromatic rings. The van der Waals surface area contributed by atoms with E-state index in [0.717, 1.165) is 37.0 Å². The van der Waals surface area contributed by atoms with Crippen molar-refractivity contribution in [3.63, 3.8) is 0 Å². The number of rotatable bonds is 3. The first kappa shape index (κ1) is 12.9. The second-order valence-electron chi connectivity index (χ2n) is 5.03. The third-order valence-corrected chi connectivity index (χ3v) is 3.85. The first-order valence-corrected chi connectivity index (χ1v) is 6.51. The van der Waals surface area contributed by atoms with Gasteiger partial charge in [-0.1, -0.05) is 0 Å². The second kappa shape index (κ2) is 5.42. The van der Waals surface area contributed by atoms with Gasteiger partial charge in [-0.15, -0.1) is 0 Å². The molecule has 3 heteroatoms. The van der Waals surface area contributed by atoms with Crippen molar-refractivity contribution in [1.29, 1.82) is 0 Å². The zero-order chi connectivity index (χ0) is 13.1. The Morgan fingerprint density at radius 1 is 1.28 bits per heavy atom. The molecule has 0 aromatic heterocycles. The Kier molecular flexibility index (Phi) is 3.90. The van der Waals surface area contributed by atoms with Crippen LogP contribution in [0.3, 0.4) is 0 Å². The predicted octanol–water partition coefficient (Wildman–Crippen LogP) is 2.95. The highest BCUT2D eigenvalue weighted by Crippen LogP contribution is 2.28. The molecule has 1 saturated carbocycles. The normalized spacial score (nSPS) is 16.7. The molecule has 3 nitrogen and oxygen atoms in total. The predicted molar refractivity (Wildman–Crippen MR) is 73.4 cm³/mol. The molecule has 0 spiro atoms. The maximum Gasteiger partial charge on any atom is 0.133 e. The quantitative estimate of drug-likeness (QED) is 0.822. The monoisotopic (exact) mass is 247 g/mol. The number of Topliss-reactive ketones (excluding diaryl/α,β-unsaturated/α-hetero) is 1. The number of ether oxygens (including phenoxy) is 1. The molecule has 0 atom stereocenters. The van der Waals surface area contributed by atoms with Crippen LogP contribution >= 0.6 is 0 Å². The van der Waals surface area contributed by atoms with E-state index in [1.807, 2.05) is 6.07 Å². The van der Waals surface area contributed by atoms with Crippen LogP contribution in [0.5, 0.6) is 5.75 Å². The number of carbonyl (C=O) groups is 1. The molecule has 1 aliphatic carbocycles. The SMILES string of the molecule is COc1ccc(N(C)C2CCC(=O)CC2)cc1C. The Morgan fingerprint density at radius 2 is 1.94 bits per heavy atom. The van der Waals surface area contributed by atoms with Crippen molar-refractivity contribution in [3.05, 3.63) is 23.8 Å². The van der Waals surface area contributed by atoms with Gasteiger partial charge in [-0.3, -0.25) is 4.79 Å². The highest BCUT2D eigenvalue weighted by Gasteiger charge is 2.22. The zero-order valence-electron chi connectivity index (χ0n) is 11.4.